The maximum absolute atomic E-state index is 12.3. The lowest BCUT2D eigenvalue weighted by molar-refractivity contribution is 0.0828. The quantitative estimate of drug-likeness (QED) is 0.843. The number of carbonyl (C=O) groups excluding carboxylic acids is 1. The molecule has 0 aliphatic rings. The van der Waals surface area contributed by atoms with Crippen LogP contribution in [0.2, 0.25) is 0 Å². The van der Waals surface area contributed by atoms with Crippen molar-refractivity contribution < 1.29 is 4.79 Å². The van der Waals surface area contributed by atoms with Crippen molar-refractivity contribution in [1.29, 1.82) is 0 Å². The van der Waals surface area contributed by atoms with E-state index >= 15 is 0 Å². The first kappa shape index (κ1) is 14.9. The van der Waals surface area contributed by atoms with Gasteiger partial charge in [-0.05, 0) is 24.6 Å². The normalized spacial score (nSPS) is 10.5. The Bertz CT molecular complexity index is 660. The van der Waals surface area contributed by atoms with E-state index in [9.17, 15) is 4.79 Å². The second-order valence-corrected chi connectivity index (χ2v) is 5.15. The molecular weight excluding hydrogens is 266 g/mol. The number of nitrogen functional groups attached to an aromatic ring is 1. The molecular formula is C15H21N5O. The van der Waals surface area contributed by atoms with Gasteiger partial charge in [-0.3, -0.25) is 9.48 Å². The molecule has 0 saturated heterocycles. The first-order valence-corrected chi connectivity index (χ1v) is 6.83. The predicted octanol–water partition coefficient (Wildman–Crippen LogP) is 2.01. The molecule has 0 radical (unpaired) electrons. The van der Waals surface area contributed by atoms with E-state index in [0.717, 1.165) is 17.8 Å². The number of aryl methyl sites for hydroxylation is 2. The summed E-state index contributed by atoms with van der Waals surface area (Å²) in [6, 6.07) is 5.23. The molecule has 21 heavy (non-hydrogen) atoms. The molecule has 1 aromatic carbocycles. The second-order valence-electron chi connectivity index (χ2n) is 5.15. The number of rotatable bonds is 4. The third kappa shape index (κ3) is 3.16. The minimum absolute atomic E-state index is 0.0700. The van der Waals surface area contributed by atoms with Gasteiger partial charge in [0.05, 0.1) is 22.6 Å². The SMILES string of the molecule is CCc1nn(C)cc1Nc1cc(N)ccc1C(=O)N(C)C. The van der Waals surface area contributed by atoms with Crippen LogP contribution in [0.3, 0.4) is 0 Å². The van der Waals surface area contributed by atoms with E-state index in [2.05, 4.69) is 10.4 Å². The molecule has 0 spiro atoms. The van der Waals surface area contributed by atoms with Gasteiger partial charge in [-0.1, -0.05) is 6.92 Å². The van der Waals surface area contributed by atoms with Crippen molar-refractivity contribution in [2.24, 2.45) is 7.05 Å². The van der Waals surface area contributed by atoms with Gasteiger partial charge in [0.15, 0.2) is 0 Å². The monoisotopic (exact) mass is 287 g/mol. The number of amides is 1. The molecule has 0 bridgehead atoms. The van der Waals surface area contributed by atoms with Crippen LogP contribution in [0.25, 0.3) is 0 Å². The fourth-order valence-electron chi connectivity index (χ4n) is 2.14. The zero-order chi connectivity index (χ0) is 15.6. The summed E-state index contributed by atoms with van der Waals surface area (Å²) in [5.41, 5.74) is 9.56. The molecule has 0 unspecified atom stereocenters. The van der Waals surface area contributed by atoms with Gasteiger partial charge in [0.1, 0.15) is 0 Å². The minimum atomic E-state index is -0.0700. The van der Waals surface area contributed by atoms with E-state index in [0.29, 0.717) is 16.9 Å². The largest absolute Gasteiger partial charge is 0.399 e. The first-order valence-electron chi connectivity index (χ1n) is 6.83. The Morgan fingerprint density at radius 2 is 2.10 bits per heavy atom. The fourth-order valence-corrected chi connectivity index (χ4v) is 2.14. The highest BCUT2D eigenvalue weighted by atomic mass is 16.2. The zero-order valence-corrected chi connectivity index (χ0v) is 12.8. The maximum Gasteiger partial charge on any atom is 0.255 e. The summed E-state index contributed by atoms with van der Waals surface area (Å²) in [5, 5.41) is 7.66. The number of anilines is 3. The van der Waals surface area contributed by atoms with E-state index in [4.69, 9.17) is 5.73 Å². The lowest BCUT2D eigenvalue weighted by atomic mass is 10.1. The Hall–Kier alpha value is -2.50. The smallest absolute Gasteiger partial charge is 0.255 e. The molecule has 0 aliphatic heterocycles. The summed E-state index contributed by atoms with van der Waals surface area (Å²) in [6.07, 6.45) is 2.70. The van der Waals surface area contributed by atoms with Gasteiger partial charge in [0.25, 0.3) is 5.91 Å². The number of aromatic nitrogens is 2. The fraction of sp³-hybridized carbons (Fsp3) is 0.333. The van der Waals surface area contributed by atoms with E-state index < -0.39 is 0 Å². The number of nitrogens with two attached hydrogens (primary N) is 1. The number of nitrogens with zero attached hydrogens (tertiary/aromatic N) is 3. The third-order valence-electron chi connectivity index (χ3n) is 3.19. The van der Waals surface area contributed by atoms with E-state index in [1.807, 2.05) is 20.2 Å². The second kappa shape index (κ2) is 5.87. The molecule has 2 aromatic rings. The van der Waals surface area contributed by atoms with Gasteiger partial charge >= 0.3 is 0 Å². The van der Waals surface area contributed by atoms with Crippen LogP contribution in [0.15, 0.2) is 24.4 Å². The average molecular weight is 287 g/mol. The van der Waals surface area contributed by atoms with Crippen LogP contribution in [0.5, 0.6) is 0 Å². The molecule has 6 nitrogen and oxygen atoms in total. The molecule has 0 saturated carbocycles. The van der Waals surface area contributed by atoms with Crippen LogP contribution < -0.4 is 11.1 Å². The van der Waals surface area contributed by atoms with Crippen molar-refractivity contribution in [1.82, 2.24) is 14.7 Å². The lowest BCUT2D eigenvalue weighted by Gasteiger charge is -2.15. The molecule has 2 rings (SSSR count). The van der Waals surface area contributed by atoms with Crippen LogP contribution in [-0.2, 0) is 13.5 Å². The highest BCUT2D eigenvalue weighted by Crippen LogP contribution is 2.26. The van der Waals surface area contributed by atoms with E-state index in [1.165, 1.54) is 0 Å². The van der Waals surface area contributed by atoms with Crippen LogP contribution in [-0.4, -0.2) is 34.7 Å². The van der Waals surface area contributed by atoms with Gasteiger partial charge in [0.2, 0.25) is 0 Å². The third-order valence-corrected chi connectivity index (χ3v) is 3.19. The van der Waals surface area contributed by atoms with Crippen molar-refractivity contribution >= 4 is 23.0 Å². The summed E-state index contributed by atoms with van der Waals surface area (Å²) in [5.74, 6) is -0.0700. The summed E-state index contributed by atoms with van der Waals surface area (Å²) in [4.78, 5) is 13.8. The van der Waals surface area contributed by atoms with Crippen molar-refractivity contribution in [2.45, 2.75) is 13.3 Å². The minimum Gasteiger partial charge on any atom is -0.399 e. The molecule has 3 N–H and O–H groups in total. The number of nitrogens with one attached hydrogen (secondary N) is 1. The standard InChI is InChI=1S/C15H21N5O/c1-5-12-14(9-20(4)18-12)17-13-8-10(16)6-7-11(13)15(21)19(2)3/h6-9,17H,5,16H2,1-4H3. The zero-order valence-electron chi connectivity index (χ0n) is 12.8. The maximum atomic E-state index is 12.3. The van der Waals surface area contributed by atoms with Gasteiger partial charge in [-0.2, -0.15) is 5.10 Å². The van der Waals surface area contributed by atoms with Crippen LogP contribution in [0, 0.1) is 0 Å². The van der Waals surface area contributed by atoms with Crippen molar-refractivity contribution in [3.05, 3.63) is 35.7 Å². The molecule has 1 heterocycles. The van der Waals surface area contributed by atoms with E-state index in [-0.39, 0.29) is 5.91 Å². The van der Waals surface area contributed by atoms with E-state index in [1.54, 1.807) is 41.9 Å². The average Bonchev–Trinajstić information content (AvgIpc) is 2.78. The van der Waals surface area contributed by atoms with Crippen LogP contribution in [0.4, 0.5) is 17.1 Å². The van der Waals surface area contributed by atoms with Gasteiger partial charge in [-0.25, -0.2) is 0 Å². The Morgan fingerprint density at radius 3 is 2.71 bits per heavy atom. The number of benzene rings is 1. The molecule has 1 aromatic heterocycles. The summed E-state index contributed by atoms with van der Waals surface area (Å²) in [6.45, 7) is 2.04. The van der Waals surface area contributed by atoms with Crippen molar-refractivity contribution in [3.8, 4) is 0 Å². The molecule has 0 fully saturated rings. The highest BCUT2D eigenvalue weighted by Gasteiger charge is 2.15. The Balaban J connectivity index is 2.43. The van der Waals surface area contributed by atoms with Gasteiger partial charge in [-0.15, -0.1) is 0 Å². The Morgan fingerprint density at radius 1 is 1.38 bits per heavy atom. The topological polar surface area (TPSA) is 76.2 Å². The van der Waals surface area contributed by atoms with Crippen LogP contribution in [0.1, 0.15) is 23.0 Å². The Kier molecular flexibility index (Phi) is 4.16. The summed E-state index contributed by atoms with van der Waals surface area (Å²) < 4.78 is 1.75. The van der Waals surface area contributed by atoms with Gasteiger partial charge in [0, 0.05) is 33.0 Å². The molecule has 112 valence electrons. The highest BCUT2D eigenvalue weighted by molar-refractivity contribution is 6.00. The van der Waals surface area contributed by atoms with Crippen molar-refractivity contribution in [2.75, 3.05) is 25.1 Å². The first-order chi connectivity index (χ1) is 9.92. The van der Waals surface area contributed by atoms with Crippen molar-refractivity contribution in [3.63, 3.8) is 0 Å². The lowest BCUT2D eigenvalue weighted by Crippen LogP contribution is -2.22. The van der Waals surface area contributed by atoms with Gasteiger partial charge < -0.3 is 16.0 Å². The number of hydrogen-bond acceptors (Lipinski definition) is 4. The molecule has 0 atom stereocenters. The molecule has 1 amide bonds. The number of carbonyl (C=O) groups is 1. The molecule has 6 heteroatoms. The summed E-state index contributed by atoms with van der Waals surface area (Å²) in [7, 11) is 5.32. The van der Waals surface area contributed by atoms with Crippen LogP contribution >= 0.6 is 0 Å². The number of hydrogen-bond donors (Lipinski definition) is 2. The Labute approximate surface area is 124 Å². The predicted molar refractivity (Wildman–Crippen MR) is 84.7 cm³/mol. The molecule has 0 aliphatic carbocycles. The summed E-state index contributed by atoms with van der Waals surface area (Å²) >= 11 is 0.